The maximum atomic E-state index is 12.4. The number of alkyl halides is 3. The lowest BCUT2D eigenvalue weighted by atomic mass is 10.0. The molecular formula is C27H26F3N5O3. The molecule has 1 aromatic heterocycles. The lowest BCUT2D eigenvalue weighted by Gasteiger charge is -2.15. The Hall–Kier alpha value is -4.25. The van der Waals surface area contributed by atoms with Gasteiger partial charge in [-0.1, -0.05) is 18.2 Å². The fraction of sp³-hybridized carbons (Fsp3) is 0.259. The molecule has 1 aliphatic heterocycles. The molecule has 3 N–H and O–H groups in total. The van der Waals surface area contributed by atoms with Crippen molar-refractivity contribution in [1.82, 2.24) is 15.1 Å². The van der Waals surface area contributed by atoms with E-state index in [4.69, 9.17) is 4.74 Å². The molecule has 11 heteroatoms. The summed E-state index contributed by atoms with van der Waals surface area (Å²) in [6, 6.07) is 15.6. The van der Waals surface area contributed by atoms with Crippen molar-refractivity contribution in [3.8, 4) is 22.6 Å². The molecule has 38 heavy (non-hydrogen) atoms. The monoisotopic (exact) mass is 525 g/mol. The Balaban J connectivity index is 1.24. The number of anilines is 2. The van der Waals surface area contributed by atoms with Crippen LogP contribution in [0.3, 0.4) is 0 Å². The van der Waals surface area contributed by atoms with E-state index in [0.717, 1.165) is 59.5 Å². The molecule has 1 fully saturated rings. The molecule has 5 rings (SSSR count). The molecule has 2 heterocycles. The summed E-state index contributed by atoms with van der Waals surface area (Å²) in [5.41, 5.74) is 3.37. The summed E-state index contributed by atoms with van der Waals surface area (Å²) < 4.78 is 47.3. The fourth-order valence-electron chi connectivity index (χ4n) is 4.44. The van der Waals surface area contributed by atoms with Gasteiger partial charge in [-0.25, -0.2) is 4.79 Å². The van der Waals surface area contributed by atoms with Crippen LogP contribution in [0.2, 0.25) is 0 Å². The molecule has 4 aromatic rings. The minimum atomic E-state index is -4.82. The first-order valence-electron chi connectivity index (χ1n) is 12.2. The molecule has 0 atom stereocenters. The zero-order valence-corrected chi connectivity index (χ0v) is 20.3. The number of hydrogen-bond donors (Lipinski definition) is 3. The van der Waals surface area contributed by atoms with E-state index in [1.807, 2.05) is 24.3 Å². The molecule has 0 spiro atoms. The second-order valence-electron chi connectivity index (χ2n) is 8.93. The largest absolute Gasteiger partial charge is 0.573 e. The highest BCUT2D eigenvalue weighted by Crippen LogP contribution is 2.33. The third kappa shape index (κ3) is 6.54. The zero-order chi connectivity index (χ0) is 26.5. The molecule has 2 amide bonds. The third-order valence-electron chi connectivity index (χ3n) is 6.19. The summed E-state index contributed by atoms with van der Waals surface area (Å²) >= 11 is 0. The quantitative estimate of drug-likeness (QED) is 0.253. The van der Waals surface area contributed by atoms with Crippen molar-refractivity contribution in [2.24, 2.45) is 0 Å². The smallest absolute Gasteiger partial charge is 0.492 e. The number of ether oxygens (including phenoxy) is 2. The minimum absolute atomic E-state index is 0.157. The molecule has 1 saturated heterocycles. The number of aromatic nitrogens is 2. The topological polar surface area (TPSA) is 91.5 Å². The van der Waals surface area contributed by atoms with Gasteiger partial charge in [0.05, 0.1) is 11.7 Å². The predicted molar refractivity (Wildman–Crippen MR) is 138 cm³/mol. The Morgan fingerprint density at radius 2 is 1.74 bits per heavy atom. The molecule has 3 aromatic carbocycles. The maximum Gasteiger partial charge on any atom is 0.573 e. The van der Waals surface area contributed by atoms with Gasteiger partial charge >= 0.3 is 12.4 Å². The van der Waals surface area contributed by atoms with Crippen LogP contribution in [-0.2, 0) is 0 Å². The van der Waals surface area contributed by atoms with Gasteiger partial charge in [-0.15, -0.1) is 13.2 Å². The second kappa shape index (κ2) is 11.0. The summed E-state index contributed by atoms with van der Waals surface area (Å²) in [5.74, 6) is 0.321. The highest BCUT2D eigenvalue weighted by molar-refractivity contribution is 6.00. The van der Waals surface area contributed by atoms with E-state index in [9.17, 15) is 18.0 Å². The Bertz CT molecular complexity index is 1400. The number of H-pyrrole nitrogens is 1. The molecule has 8 nitrogen and oxygen atoms in total. The summed E-state index contributed by atoms with van der Waals surface area (Å²) in [5, 5.41) is 13.3. The number of rotatable bonds is 8. The Morgan fingerprint density at radius 3 is 2.50 bits per heavy atom. The number of carbonyl (C=O) groups is 1. The highest BCUT2D eigenvalue weighted by atomic mass is 19.4. The van der Waals surface area contributed by atoms with Crippen LogP contribution < -0.4 is 20.1 Å². The van der Waals surface area contributed by atoms with Gasteiger partial charge in [0.25, 0.3) is 0 Å². The average molecular weight is 526 g/mol. The lowest BCUT2D eigenvalue weighted by molar-refractivity contribution is -0.274. The van der Waals surface area contributed by atoms with Crippen LogP contribution in [0.4, 0.5) is 29.3 Å². The first-order chi connectivity index (χ1) is 18.3. The average Bonchev–Trinajstić information content (AvgIpc) is 3.55. The van der Waals surface area contributed by atoms with Gasteiger partial charge in [0.15, 0.2) is 0 Å². The van der Waals surface area contributed by atoms with Gasteiger partial charge in [-0.2, -0.15) is 5.10 Å². The zero-order valence-electron chi connectivity index (χ0n) is 20.3. The van der Waals surface area contributed by atoms with E-state index in [1.54, 1.807) is 18.3 Å². The molecule has 0 bridgehead atoms. The van der Waals surface area contributed by atoms with Crippen molar-refractivity contribution >= 4 is 28.3 Å². The number of nitrogens with zero attached hydrogens (tertiary/aromatic N) is 2. The first-order valence-corrected chi connectivity index (χ1v) is 12.2. The molecule has 1 aliphatic rings. The van der Waals surface area contributed by atoms with E-state index in [2.05, 4.69) is 30.5 Å². The number of likely N-dealkylation sites (tertiary alicyclic amines) is 1. The highest BCUT2D eigenvalue weighted by Gasteiger charge is 2.31. The number of hydrogen-bond acceptors (Lipinski definition) is 5. The third-order valence-corrected chi connectivity index (χ3v) is 6.19. The normalized spacial score (nSPS) is 14.0. The van der Waals surface area contributed by atoms with Crippen molar-refractivity contribution < 1.29 is 27.4 Å². The number of carbonyl (C=O) groups excluding carboxylic acids is 1. The van der Waals surface area contributed by atoms with Crippen LogP contribution >= 0.6 is 0 Å². The predicted octanol–water partition coefficient (Wildman–Crippen LogP) is 6.25. The van der Waals surface area contributed by atoms with Crippen LogP contribution in [0.1, 0.15) is 12.8 Å². The van der Waals surface area contributed by atoms with E-state index in [0.29, 0.717) is 12.3 Å². The molecule has 0 radical (unpaired) electrons. The molecular weight excluding hydrogens is 499 g/mol. The number of fused-ring (bicyclic) bond motifs is 1. The number of nitrogens with one attached hydrogen (secondary N) is 3. The first kappa shape index (κ1) is 25.4. The van der Waals surface area contributed by atoms with Crippen LogP contribution in [0.5, 0.6) is 11.5 Å². The van der Waals surface area contributed by atoms with Gasteiger partial charge in [0.1, 0.15) is 18.1 Å². The summed E-state index contributed by atoms with van der Waals surface area (Å²) in [6.45, 7) is 3.72. The van der Waals surface area contributed by atoms with E-state index in [1.165, 1.54) is 25.0 Å². The lowest BCUT2D eigenvalue weighted by Crippen LogP contribution is -2.25. The number of benzene rings is 3. The molecule has 0 unspecified atom stereocenters. The van der Waals surface area contributed by atoms with Gasteiger partial charge in [0, 0.05) is 35.4 Å². The van der Waals surface area contributed by atoms with Gasteiger partial charge in [-0.05, 0) is 67.4 Å². The van der Waals surface area contributed by atoms with Crippen LogP contribution in [0.15, 0.2) is 66.9 Å². The SMILES string of the molecule is O=C(Nc1ccc(-c2cc(OCCN3CCCC3)cc3[nH]ncc23)cc1)Nc1cccc(OC(F)(F)F)c1. The van der Waals surface area contributed by atoms with Crippen molar-refractivity contribution in [3.63, 3.8) is 0 Å². The van der Waals surface area contributed by atoms with Crippen molar-refractivity contribution in [2.45, 2.75) is 19.2 Å². The van der Waals surface area contributed by atoms with E-state index >= 15 is 0 Å². The van der Waals surface area contributed by atoms with Crippen molar-refractivity contribution in [3.05, 3.63) is 66.9 Å². The number of halogens is 3. The summed E-state index contributed by atoms with van der Waals surface area (Å²) in [6.07, 6.45) is -0.583. The summed E-state index contributed by atoms with van der Waals surface area (Å²) in [4.78, 5) is 14.8. The Kier molecular flexibility index (Phi) is 7.36. The van der Waals surface area contributed by atoms with Crippen LogP contribution in [0.25, 0.3) is 22.0 Å². The van der Waals surface area contributed by atoms with Crippen molar-refractivity contribution in [1.29, 1.82) is 0 Å². The van der Waals surface area contributed by atoms with Gasteiger partial charge in [-0.3, -0.25) is 10.00 Å². The van der Waals surface area contributed by atoms with E-state index < -0.39 is 18.1 Å². The van der Waals surface area contributed by atoms with Gasteiger partial charge in [0.2, 0.25) is 0 Å². The van der Waals surface area contributed by atoms with E-state index in [-0.39, 0.29) is 5.69 Å². The maximum absolute atomic E-state index is 12.4. The molecule has 198 valence electrons. The Labute approximate surface area is 216 Å². The number of urea groups is 1. The Morgan fingerprint density at radius 1 is 0.974 bits per heavy atom. The standard InChI is InChI=1S/C27H26F3N5O3/c28-27(29,30)38-21-5-3-4-20(14-21)33-26(36)32-19-8-6-18(7-9-19)23-15-22(16-25-24(23)17-31-34-25)37-13-12-35-10-1-2-11-35/h3-9,14-17H,1-2,10-13H2,(H,31,34)(H2,32,33,36). The number of aromatic amines is 1. The second-order valence-corrected chi connectivity index (χ2v) is 8.93. The van der Waals surface area contributed by atoms with Crippen molar-refractivity contribution in [2.75, 3.05) is 36.9 Å². The molecule has 0 saturated carbocycles. The molecule has 0 aliphatic carbocycles. The minimum Gasteiger partial charge on any atom is -0.492 e. The summed E-state index contributed by atoms with van der Waals surface area (Å²) in [7, 11) is 0. The van der Waals surface area contributed by atoms with Gasteiger partial charge < -0.3 is 20.1 Å². The van der Waals surface area contributed by atoms with Crippen LogP contribution in [0, 0.1) is 0 Å². The van der Waals surface area contributed by atoms with Crippen LogP contribution in [-0.4, -0.2) is 53.7 Å². The fourth-order valence-corrected chi connectivity index (χ4v) is 4.44. The number of amides is 2.